The van der Waals surface area contributed by atoms with Crippen LogP contribution in [0.15, 0.2) is 42.6 Å². The maximum Gasteiger partial charge on any atom is 0.198 e. The van der Waals surface area contributed by atoms with Crippen LogP contribution in [-0.4, -0.2) is 15.0 Å². The summed E-state index contributed by atoms with van der Waals surface area (Å²) in [6, 6.07) is 12.1. The highest BCUT2D eigenvalue weighted by molar-refractivity contribution is 5.78. The topological polar surface area (TPSA) is 67.6 Å². The van der Waals surface area contributed by atoms with Gasteiger partial charge in [0.1, 0.15) is 5.69 Å². The highest BCUT2D eigenvalue weighted by Crippen LogP contribution is 2.30. The molecule has 0 saturated heterocycles. The van der Waals surface area contributed by atoms with Gasteiger partial charge in [-0.2, -0.15) is 0 Å². The minimum absolute atomic E-state index is 0.403. The number of nitrogens with two attached hydrogens (primary N) is 1. The molecular formula is C16H16N4. The van der Waals surface area contributed by atoms with E-state index in [1.165, 1.54) is 11.1 Å². The number of nitrogens with one attached hydrogen (secondary N) is 1. The van der Waals surface area contributed by atoms with Crippen LogP contribution in [-0.2, 0) is 0 Å². The lowest BCUT2D eigenvalue weighted by atomic mass is 10.0. The summed E-state index contributed by atoms with van der Waals surface area (Å²) in [5.74, 6) is 0.403. The average molecular weight is 264 g/mol. The number of rotatable bonds is 2. The van der Waals surface area contributed by atoms with Gasteiger partial charge in [-0.15, -0.1) is 0 Å². The van der Waals surface area contributed by atoms with E-state index in [0.717, 1.165) is 22.6 Å². The molecule has 0 atom stereocenters. The molecule has 4 nitrogen and oxygen atoms in total. The Hall–Kier alpha value is -2.62. The minimum atomic E-state index is 0.403. The van der Waals surface area contributed by atoms with Gasteiger partial charge in [0.15, 0.2) is 5.95 Å². The molecule has 0 bridgehead atoms. The van der Waals surface area contributed by atoms with Crippen LogP contribution in [0.1, 0.15) is 11.1 Å². The van der Waals surface area contributed by atoms with E-state index in [2.05, 4.69) is 47.0 Å². The van der Waals surface area contributed by atoms with E-state index in [9.17, 15) is 0 Å². The zero-order valence-electron chi connectivity index (χ0n) is 11.5. The second-order valence-corrected chi connectivity index (χ2v) is 4.94. The summed E-state index contributed by atoms with van der Waals surface area (Å²) in [5, 5.41) is 0. The fourth-order valence-corrected chi connectivity index (χ4v) is 2.41. The lowest BCUT2D eigenvalue weighted by Gasteiger charge is -2.05. The molecule has 3 N–H and O–H groups in total. The fourth-order valence-electron chi connectivity index (χ4n) is 2.41. The number of imidazole rings is 1. The number of benzene rings is 1. The molecule has 3 rings (SSSR count). The summed E-state index contributed by atoms with van der Waals surface area (Å²) in [7, 11) is 0. The Balaban J connectivity index is 2.19. The van der Waals surface area contributed by atoms with Crippen molar-refractivity contribution >= 4 is 5.95 Å². The number of H-pyrrole nitrogens is 1. The maximum absolute atomic E-state index is 5.84. The smallest absolute Gasteiger partial charge is 0.198 e. The average Bonchev–Trinajstić information content (AvgIpc) is 2.81. The lowest BCUT2D eigenvalue weighted by Crippen LogP contribution is -1.88. The Labute approximate surface area is 117 Å². The molecule has 0 saturated carbocycles. The van der Waals surface area contributed by atoms with E-state index in [4.69, 9.17) is 5.73 Å². The van der Waals surface area contributed by atoms with Gasteiger partial charge in [-0.05, 0) is 38.1 Å². The summed E-state index contributed by atoms with van der Waals surface area (Å²) in [4.78, 5) is 11.9. The van der Waals surface area contributed by atoms with Crippen molar-refractivity contribution < 1.29 is 0 Å². The number of nitrogen functional groups attached to an aromatic ring is 1. The predicted octanol–water partition coefficient (Wildman–Crippen LogP) is 3.34. The van der Waals surface area contributed by atoms with Gasteiger partial charge >= 0.3 is 0 Å². The molecule has 0 spiro atoms. The van der Waals surface area contributed by atoms with Crippen molar-refractivity contribution in [3.8, 4) is 22.6 Å². The number of nitrogens with zero attached hydrogens (tertiary/aromatic N) is 2. The molecule has 4 heteroatoms. The minimum Gasteiger partial charge on any atom is -0.369 e. The second kappa shape index (κ2) is 4.81. The monoisotopic (exact) mass is 264 g/mol. The van der Waals surface area contributed by atoms with Crippen LogP contribution in [0.3, 0.4) is 0 Å². The first-order chi connectivity index (χ1) is 9.63. The van der Waals surface area contributed by atoms with Crippen LogP contribution in [0.2, 0.25) is 0 Å². The fraction of sp³-hybridized carbons (Fsp3) is 0.125. The lowest BCUT2D eigenvalue weighted by molar-refractivity contribution is 1.28. The third-order valence-electron chi connectivity index (χ3n) is 3.14. The Morgan fingerprint density at radius 1 is 1.05 bits per heavy atom. The van der Waals surface area contributed by atoms with Crippen LogP contribution in [0.25, 0.3) is 22.6 Å². The standard InChI is InChI=1S/C16H16N4/c1-10-7-11(2)9-12(8-10)14-15(20-16(17)19-14)13-5-3-4-6-18-13/h3-9H,1-2H3,(H3,17,19,20). The number of anilines is 1. The van der Waals surface area contributed by atoms with Crippen molar-refractivity contribution in [1.29, 1.82) is 0 Å². The zero-order chi connectivity index (χ0) is 14.1. The highest BCUT2D eigenvalue weighted by Gasteiger charge is 2.14. The third-order valence-corrected chi connectivity index (χ3v) is 3.14. The molecule has 0 amide bonds. The normalized spacial score (nSPS) is 10.7. The SMILES string of the molecule is Cc1cc(C)cc(-c2[nH]c(N)nc2-c2ccccn2)c1. The summed E-state index contributed by atoms with van der Waals surface area (Å²) in [6.45, 7) is 4.16. The molecule has 0 unspecified atom stereocenters. The second-order valence-electron chi connectivity index (χ2n) is 4.94. The van der Waals surface area contributed by atoms with E-state index in [0.29, 0.717) is 5.95 Å². The zero-order valence-corrected chi connectivity index (χ0v) is 11.5. The highest BCUT2D eigenvalue weighted by atomic mass is 15.0. The van der Waals surface area contributed by atoms with Gasteiger partial charge < -0.3 is 10.7 Å². The summed E-state index contributed by atoms with van der Waals surface area (Å²) >= 11 is 0. The van der Waals surface area contributed by atoms with Crippen LogP contribution >= 0.6 is 0 Å². The van der Waals surface area contributed by atoms with E-state index in [1.54, 1.807) is 6.20 Å². The van der Waals surface area contributed by atoms with Crippen molar-refractivity contribution in [3.05, 3.63) is 53.7 Å². The van der Waals surface area contributed by atoms with E-state index >= 15 is 0 Å². The first-order valence-electron chi connectivity index (χ1n) is 6.49. The van der Waals surface area contributed by atoms with Gasteiger partial charge in [0.25, 0.3) is 0 Å². The van der Waals surface area contributed by atoms with Crippen molar-refractivity contribution in [2.45, 2.75) is 13.8 Å². The number of pyridine rings is 1. The maximum atomic E-state index is 5.84. The predicted molar refractivity (Wildman–Crippen MR) is 81.1 cm³/mol. The summed E-state index contributed by atoms with van der Waals surface area (Å²) in [5.41, 5.74) is 11.8. The molecule has 0 fully saturated rings. The Morgan fingerprint density at radius 3 is 2.45 bits per heavy atom. The molecule has 0 radical (unpaired) electrons. The molecule has 100 valence electrons. The van der Waals surface area contributed by atoms with Crippen LogP contribution < -0.4 is 5.73 Å². The van der Waals surface area contributed by atoms with Crippen LogP contribution in [0.5, 0.6) is 0 Å². The van der Waals surface area contributed by atoms with Gasteiger partial charge in [-0.25, -0.2) is 4.98 Å². The third kappa shape index (κ3) is 2.28. The van der Waals surface area contributed by atoms with Gasteiger partial charge in [-0.3, -0.25) is 4.98 Å². The molecule has 0 aliphatic carbocycles. The van der Waals surface area contributed by atoms with Gasteiger partial charge in [0.05, 0.1) is 11.4 Å². The first kappa shape index (κ1) is 12.4. The Bertz CT molecular complexity index is 724. The van der Waals surface area contributed by atoms with Crippen molar-refractivity contribution in [2.24, 2.45) is 0 Å². The quantitative estimate of drug-likeness (QED) is 0.746. The molecule has 2 aromatic heterocycles. The molecule has 1 aromatic carbocycles. The molecule has 20 heavy (non-hydrogen) atoms. The summed E-state index contributed by atoms with van der Waals surface area (Å²) < 4.78 is 0. The number of hydrogen-bond donors (Lipinski definition) is 2. The van der Waals surface area contributed by atoms with E-state index < -0.39 is 0 Å². The number of hydrogen-bond acceptors (Lipinski definition) is 3. The van der Waals surface area contributed by atoms with E-state index in [-0.39, 0.29) is 0 Å². The van der Waals surface area contributed by atoms with Gasteiger partial charge in [0.2, 0.25) is 0 Å². The number of aromatic nitrogens is 3. The van der Waals surface area contributed by atoms with Crippen LogP contribution in [0.4, 0.5) is 5.95 Å². The number of aryl methyl sites for hydroxylation is 2. The molecule has 3 aromatic rings. The molecule has 2 heterocycles. The Morgan fingerprint density at radius 2 is 1.80 bits per heavy atom. The largest absolute Gasteiger partial charge is 0.369 e. The summed E-state index contributed by atoms with van der Waals surface area (Å²) in [6.07, 6.45) is 1.76. The van der Waals surface area contributed by atoms with Crippen molar-refractivity contribution in [3.63, 3.8) is 0 Å². The van der Waals surface area contributed by atoms with E-state index in [1.807, 2.05) is 18.2 Å². The Kier molecular flexibility index (Phi) is 2.99. The van der Waals surface area contributed by atoms with Crippen molar-refractivity contribution in [2.75, 3.05) is 5.73 Å². The molecule has 0 aliphatic rings. The molecule has 0 aliphatic heterocycles. The van der Waals surface area contributed by atoms with Gasteiger partial charge in [-0.1, -0.05) is 23.3 Å². The first-order valence-corrected chi connectivity index (χ1v) is 6.49. The van der Waals surface area contributed by atoms with Crippen molar-refractivity contribution in [1.82, 2.24) is 15.0 Å². The number of aromatic amines is 1. The van der Waals surface area contributed by atoms with Gasteiger partial charge in [0, 0.05) is 11.8 Å². The molecular weight excluding hydrogens is 248 g/mol. The van der Waals surface area contributed by atoms with Crippen LogP contribution in [0, 0.1) is 13.8 Å².